The molecule has 0 N–H and O–H groups in total. The van der Waals surface area contributed by atoms with Crippen molar-refractivity contribution in [2.24, 2.45) is 0 Å². The van der Waals surface area contributed by atoms with Crippen LogP contribution in [-0.2, 0) is 0 Å². The van der Waals surface area contributed by atoms with E-state index in [1.807, 2.05) is 0 Å². The van der Waals surface area contributed by atoms with Crippen LogP contribution in [0.1, 0.15) is 17.7 Å². The number of hydrogen-bond donors (Lipinski definition) is 0. The zero-order valence-electron chi connectivity index (χ0n) is 7.00. The van der Waals surface area contributed by atoms with E-state index in [9.17, 15) is 18.9 Å². The fourth-order valence-electron chi connectivity index (χ4n) is 0.936. The number of aromatic nitrogens is 1. The van der Waals surface area contributed by atoms with Crippen LogP contribution in [0.25, 0.3) is 0 Å². The summed E-state index contributed by atoms with van der Waals surface area (Å²) in [5, 5.41) is 10.1. The minimum atomic E-state index is -2.78. The van der Waals surface area contributed by atoms with Crippen LogP contribution in [0.3, 0.4) is 0 Å². The molecular weight excluding hydrogens is 218 g/mol. The van der Waals surface area contributed by atoms with Crippen LogP contribution in [-0.4, -0.2) is 9.91 Å². The summed E-state index contributed by atoms with van der Waals surface area (Å²) in [6.45, 7) is 1.27. The fourth-order valence-corrected chi connectivity index (χ4v) is 1.15. The molecule has 1 aromatic rings. The van der Waals surface area contributed by atoms with E-state index in [0.29, 0.717) is 0 Å². The van der Waals surface area contributed by atoms with Crippen molar-refractivity contribution in [3.63, 3.8) is 0 Å². The quantitative estimate of drug-likeness (QED) is 0.571. The molecule has 0 bridgehead atoms. The van der Waals surface area contributed by atoms with E-state index in [0.717, 1.165) is 6.20 Å². The SMILES string of the molecule is Cc1c(C(F)F)ncc([N+](=O)[O-])c1Cl. The van der Waals surface area contributed by atoms with Gasteiger partial charge in [0.05, 0.1) is 4.92 Å². The first-order chi connectivity index (χ1) is 6.45. The molecule has 0 aliphatic carbocycles. The largest absolute Gasteiger partial charge is 0.306 e. The summed E-state index contributed by atoms with van der Waals surface area (Å²) in [7, 11) is 0. The minimum Gasteiger partial charge on any atom is -0.258 e. The Bertz CT molecular complexity index is 384. The topological polar surface area (TPSA) is 56.0 Å². The Hall–Kier alpha value is -1.30. The van der Waals surface area contributed by atoms with Crippen LogP contribution in [0.4, 0.5) is 14.5 Å². The Balaban J connectivity index is 3.33. The van der Waals surface area contributed by atoms with Gasteiger partial charge >= 0.3 is 5.69 Å². The second-order valence-electron chi connectivity index (χ2n) is 2.53. The summed E-state index contributed by atoms with van der Waals surface area (Å²) in [4.78, 5) is 12.9. The lowest BCUT2D eigenvalue weighted by molar-refractivity contribution is -0.385. The maximum Gasteiger partial charge on any atom is 0.306 e. The van der Waals surface area contributed by atoms with Crippen LogP contribution in [0, 0.1) is 17.0 Å². The van der Waals surface area contributed by atoms with E-state index in [1.54, 1.807) is 0 Å². The van der Waals surface area contributed by atoms with Gasteiger partial charge in [-0.05, 0) is 6.92 Å². The van der Waals surface area contributed by atoms with Gasteiger partial charge in [0.15, 0.2) is 0 Å². The number of pyridine rings is 1. The fraction of sp³-hybridized carbons (Fsp3) is 0.286. The molecule has 0 aliphatic rings. The van der Waals surface area contributed by atoms with Crippen molar-refractivity contribution < 1.29 is 13.7 Å². The summed E-state index contributed by atoms with van der Waals surface area (Å²) in [5.41, 5.74) is -1.05. The Morgan fingerprint density at radius 1 is 1.64 bits per heavy atom. The number of hydrogen-bond acceptors (Lipinski definition) is 3. The van der Waals surface area contributed by atoms with Crippen molar-refractivity contribution in [3.05, 3.63) is 32.6 Å². The second kappa shape index (κ2) is 3.83. The Kier molecular flexibility index (Phi) is 2.95. The average molecular weight is 223 g/mol. The predicted octanol–water partition coefficient (Wildman–Crippen LogP) is 2.89. The van der Waals surface area contributed by atoms with Crippen molar-refractivity contribution in [1.29, 1.82) is 0 Å². The van der Waals surface area contributed by atoms with Crippen molar-refractivity contribution in [2.75, 3.05) is 0 Å². The highest BCUT2D eigenvalue weighted by molar-refractivity contribution is 6.33. The Labute approximate surface area is 82.7 Å². The first kappa shape index (κ1) is 10.8. The first-order valence-electron chi connectivity index (χ1n) is 3.52. The predicted molar refractivity (Wildman–Crippen MR) is 45.6 cm³/mol. The van der Waals surface area contributed by atoms with Crippen LogP contribution in [0.2, 0.25) is 5.02 Å². The number of nitrogens with zero attached hydrogens (tertiary/aromatic N) is 2. The highest BCUT2D eigenvalue weighted by atomic mass is 35.5. The van der Waals surface area contributed by atoms with Gasteiger partial charge in [0.1, 0.15) is 16.9 Å². The van der Waals surface area contributed by atoms with Crippen molar-refractivity contribution >= 4 is 17.3 Å². The highest BCUT2D eigenvalue weighted by Crippen LogP contribution is 2.31. The van der Waals surface area contributed by atoms with Gasteiger partial charge in [-0.3, -0.25) is 10.1 Å². The smallest absolute Gasteiger partial charge is 0.258 e. The molecule has 1 heterocycles. The molecule has 0 fully saturated rings. The van der Waals surface area contributed by atoms with E-state index >= 15 is 0 Å². The lowest BCUT2D eigenvalue weighted by atomic mass is 10.2. The van der Waals surface area contributed by atoms with E-state index in [1.165, 1.54) is 6.92 Å². The molecule has 0 unspecified atom stereocenters. The molecule has 7 heteroatoms. The number of rotatable bonds is 2. The van der Waals surface area contributed by atoms with Crippen molar-refractivity contribution in [2.45, 2.75) is 13.3 Å². The van der Waals surface area contributed by atoms with Gasteiger partial charge in [-0.2, -0.15) is 0 Å². The molecule has 0 saturated heterocycles. The van der Waals surface area contributed by atoms with Crippen LogP contribution < -0.4 is 0 Å². The average Bonchev–Trinajstić information content (AvgIpc) is 2.08. The molecule has 1 aromatic heterocycles. The zero-order valence-corrected chi connectivity index (χ0v) is 7.76. The molecule has 0 saturated carbocycles. The zero-order chi connectivity index (χ0) is 10.9. The van der Waals surface area contributed by atoms with Crippen LogP contribution in [0.5, 0.6) is 0 Å². The Morgan fingerprint density at radius 3 is 2.64 bits per heavy atom. The maximum absolute atomic E-state index is 12.2. The molecule has 0 amide bonds. The third-order valence-corrected chi connectivity index (χ3v) is 2.14. The third kappa shape index (κ3) is 1.79. The summed E-state index contributed by atoms with van der Waals surface area (Å²) in [5.74, 6) is 0. The molecular formula is C7H5ClF2N2O2. The lowest BCUT2D eigenvalue weighted by Gasteiger charge is -2.04. The number of halogens is 3. The van der Waals surface area contributed by atoms with E-state index in [2.05, 4.69) is 4.98 Å². The number of nitro groups is 1. The van der Waals surface area contributed by atoms with Gasteiger partial charge in [-0.25, -0.2) is 13.8 Å². The van der Waals surface area contributed by atoms with Crippen LogP contribution >= 0.6 is 11.6 Å². The van der Waals surface area contributed by atoms with Gasteiger partial charge < -0.3 is 0 Å². The molecule has 1 rings (SSSR count). The maximum atomic E-state index is 12.2. The van der Waals surface area contributed by atoms with Gasteiger partial charge in [0.25, 0.3) is 6.43 Å². The highest BCUT2D eigenvalue weighted by Gasteiger charge is 2.21. The monoisotopic (exact) mass is 222 g/mol. The van der Waals surface area contributed by atoms with Gasteiger partial charge in [-0.1, -0.05) is 11.6 Å². The summed E-state index contributed by atoms with van der Waals surface area (Å²) >= 11 is 5.52. The minimum absolute atomic E-state index is 0.0594. The summed E-state index contributed by atoms with van der Waals surface area (Å²) in [6.07, 6.45) is -2.05. The molecule has 0 aliphatic heterocycles. The standard InChI is InChI=1S/C7H5ClF2N2O2/c1-3-5(8)4(12(13)14)2-11-6(3)7(9)10/h2,7H,1H3. The molecule has 76 valence electrons. The molecule has 4 nitrogen and oxygen atoms in total. The molecule has 0 atom stereocenters. The third-order valence-electron chi connectivity index (χ3n) is 1.67. The van der Waals surface area contributed by atoms with Crippen LogP contribution in [0.15, 0.2) is 6.20 Å². The van der Waals surface area contributed by atoms with E-state index in [-0.39, 0.29) is 10.6 Å². The molecule has 0 spiro atoms. The van der Waals surface area contributed by atoms with E-state index < -0.39 is 22.7 Å². The first-order valence-corrected chi connectivity index (χ1v) is 3.90. The van der Waals surface area contributed by atoms with Crippen molar-refractivity contribution in [3.8, 4) is 0 Å². The Morgan fingerprint density at radius 2 is 2.21 bits per heavy atom. The lowest BCUT2D eigenvalue weighted by Crippen LogP contribution is -1.99. The van der Waals surface area contributed by atoms with Gasteiger partial charge in [0.2, 0.25) is 0 Å². The van der Waals surface area contributed by atoms with E-state index in [4.69, 9.17) is 11.6 Å². The normalized spacial score (nSPS) is 10.6. The van der Waals surface area contributed by atoms with Gasteiger partial charge in [0, 0.05) is 5.56 Å². The van der Waals surface area contributed by atoms with Gasteiger partial charge in [-0.15, -0.1) is 0 Å². The van der Waals surface area contributed by atoms with Crippen molar-refractivity contribution in [1.82, 2.24) is 4.98 Å². The molecule has 0 aromatic carbocycles. The molecule has 0 radical (unpaired) electrons. The molecule has 14 heavy (non-hydrogen) atoms. The second-order valence-corrected chi connectivity index (χ2v) is 2.90. The summed E-state index contributed by atoms with van der Waals surface area (Å²) < 4.78 is 24.5. The summed E-state index contributed by atoms with van der Waals surface area (Å²) in [6, 6.07) is 0. The number of alkyl halides is 2.